The number of hydrogen-bond acceptors (Lipinski definition) is 3. The van der Waals surface area contributed by atoms with Crippen LogP contribution < -0.4 is 10.6 Å². The van der Waals surface area contributed by atoms with E-state index >= 15 is 0 Å². The molecule has 1 heterocycles. The summed E-state index contributed by atoms with van der Waals surface area (Å²) in [6.07, 6.45) is 0. The number of thioether (sulfide) groups is 1. The van der Waals surface area contributed by atoms with Crippen LogP contribution in [0, 0.1) is 0 Å². The highest BCUT2D eigenvalue weighted by molar-refractivity contribution is 8.00. The molecule has 1 atom stereocenters. The van der Waals surface area contributed by atoms with Gasteiger partial charge in [-0.25, -0.2) is 0 Å². The maximum absolute atomic E-state index is 12.0. The second kappa shape index (κ2) is 6.01. The van der Waals surface area contributed by atoms with Crippen molar-refractivity contribution in [2.24, 2.45) is 0 Å². The van der Waals surface area contributed by atoms with Gasteiger partial charge in [-0.05, 0) is 18.2 Å². The van der Waals surface area contributed by atoms with Crippen molar-refractivity contribution in [2.45, 2.75) is 10.9 Å². The summed E-state index contributed by atoms with van der Waals surface area (Å²) < 4.78 is 0. The van der Waals surface area contributed by atoms with Crippen LogP contribution >= 0.6 is 11.8 Å². The van der Waals surface area contributed by atoms with Crippen molar-refractivity contribution in [3.05, 3.63) is 60.2 Å². The van der Waals surface area contributed by atoms with Crippen LogP contribution in [-0.2, 0) is 9.59 Å². The van der Waals surface area contributed by atoms with E-state index in [1.807, 2.05) is 54.6 Å². The van der Waals surface area contributed by atoms with E-state index in [0.717, 1.165) is 16.1 Å². The van der Waals surface area contributed by atoms with Crippen LogP contribution in [0.1, 0.15) is 11.6 Å². The molecule has 0 saturated heterocycles. The molecule has 2 aromatic carbocycles. The molecule has 106 valence electrons. The Kier molecular flexibility index (Phi) is 3.92. The Morgan fingerprint density at radius 3 is 2.62 bits per heavy atom. The highest BCUT2D eigenvalue weighted by atomic mass is 32.2. The first kappa shape index (κ1) is 13.7. The second-order valence-electron chi connectivity index (χ2n) is 4.68. The minimum atomic E-state index is -0.593. The first-order valence-corrected chi connectivity index (χ1v) is 7.59. The molecule has 0 fully saturated rings. The number of anilines is 1. The quantitative estimate of drug-likeness (QED) is 0.853. The Bertz CT molecular complexity index is 673. The van der Waals surface area contributed by atoms with Crippen LogP contribution in [-0.4, -0.2) is 17.6 Å². The number of fused-ring (bicyclic) bond motifs is 1. The first-order chi connectivity index (χ1) is 10.2. The van der Waals surface area contributed by atoms with Crippen LogP contribution in [0.5, 0.6) is 0 Å². The molecule has 4 nitrogen and oxygen atoms in total. The van der Waals surface area contributed by atoms with Crippen molar-refractivity contribution in [3.63, 3.8) is 0 Å². The van der Waals surface area contributed by atoms with E-state index < -0.39 is 6.04 Å². The van der Waals surface area contributed by atoms with Crippen LogP contribution in [0.2, 0.25) is 0 Å². The summed E-state index contributed by atoms with van der Waals surface area (Å²) in [7, 11) is 0. The predicted octanol–water partition coefficient (Wildman–Crippen LogP) is 2.59. The van der Waals surface area contributed by atoms with Crippen LogP contribution in [0.3, 0.4) is 0 Å². The molecule has 2 aromatic rings. The summed E-state index contributed by atoms with van der Waals surface area (Å²) in [5, 5.41) is 5.55. The lowest BCUT2D eigenvalue weighted by Crippen LogP contribution is -2.33. The number of amides is 2. The number of hydrogen-bond donors (Lipinski definition) is 2. The van der Waals surface area contributed by atoms with E-state index in [0.29, 0.717) is 0 Å². The summed E-state index contributed by atoms with van der Waals surface area (Å²) in [6, 6.07) is 16.5. The average Bonchev–Trinajstić information content (AvgIpc) is 2.82. The average molecular weight is 298 g/mol. The maximum atomic E-state index is 12.0. The third-order valence-electron chi connectivity index (χ3n) is 3.21. The third kappa shape index (κ3) is 3.08. The van der Waals surface area contributed by atoms with Gasteiger partial charge in [-0.15, -0.1) is 11.8 Å². The molecule has 0 spiro atoms. The van der Waals surface area contributed by atoms with Crippen LogP contribution in [0.15, 0.2) is 59.5 Å². The van der Waals surface area contributed by atoms with E-state index in [-0.39, 0.29) is 17.6 Å². The molecular formula is C16H14N2O2S. The van der Waals surface area contributed by atoms with Gasteiger partial charge < -0.3 is 10.6 Å². The van der Waals surface area contributed by atoms with E-state index in [1.54, 1.807) is 0 Å². The summed E-state index contributed by atoms with van der Waals surface area (Å²) in [5.41, 5.74) is 1.59. The number of para-hydroxylation sites is 1. The highest BCUT2D eigenvalue weighted by Crippen LogP contribution is 2.30. The molecular weight excluding hydrogens is 284 g/mol. The first-order valence-electron chi connectivity index (χ1n) is 6.61. The summed E-state index contributed by atoms with van der Waals surface area (Å²) in [6.45, 7) is 0. The highest BCUT2D eigenvalue weighted by Gasteiger charge is 2.31. The smallest absolute Gasteiger partial charge is 0.251 e. The van der Waals surface area contributed by atoms with Gasteiger partial charge in [-0.1, -0.05) is 36.4 Å². The summed E-state index contributed by atoms with van der Waals surface area (Å²) in [4.78, 5) is 25.0. The van der Waals surface area contributed by atoms with E-state index in [4.69, 9.17) is 0 Å². The molecule has 0 saturated carbocycles. The molecule has 2 amide bonds. The second-order valence-corrected chi connectivity index (χ2v) is 5.73. The largest absolute Gasteiger partial charge is 0.340 e. The van der Waals surface area contributed by atoms with Crippen LogP contribution in [0.25, 0.3) is 0 Å². The Balaban J connectivity index is 1.62. The lowest BCUT2D eigenvalue weighted by molar-refractivity contribution is -0.124. The monoisotopic (exact) mass is 298 g/mol. The minimum Gasteiger partial charge on any atom is -0.340 e. The van der Waals surface area contributed by atoms with Crippen molar-refractivity contribution in [2.75, 3.05) is 11.1 Å². The van der Waals surface area contributed by atoms with Crippen molar-refractivity contribution in [1.29, 1.82) is 0 Å². The molecule has 0 aliphatic carbocycles. The van der Waals surface area contributed by atoms with Crippen molar-refractivity contribution < 1.29 is 9.59 Å². The lowest BCUT2D eigenvalue weighted by atomic mass is 10.1. The van der Waals surface area contributed by atoms with E-state index in [2.05, 4.69) is 10.6 Å². The topological polar surface area (TPSA) is 58.2 Å². The number of benzene rings is 2. The van der Waals surface area contributed by atoms with Crippen molar-refractivity contribution >= 4 is 29.3 Å². The molecule has 0 aromatic heterocycles. The molecule has 0 bridgehead atoms. The van der Waals surface area contributed by atoms with E-state index in [1.165, 1.54) is 11.8 Å². The normalized spacial score (nSPS) is 16.2. The summed E-state index contributed by atoms with van der Waals surface area (Å²) >= 11 is 1.45. The minimum absolute atomic E-state index is 0.152. The maximum Gasteiger partial charge on any atom is 0.251 e. The molecule has 5 heteroatoms. The number of rotatable bonds is 4. The SMILES string of the molecule is O=C(CSc1ccccc1)N[C@@H]1C(=O)Nc2ccccc21. The molecule has 1 aliphatic heterocycles. The molecule has 21 heavy (non-hydrogen) atoms. The van der Waals surface area contributed by atoms with Gasteiger partial charge in [0.2, 0.25) is 5.91 Å². The fourth-order valence-corrected chi connectivity index (χ4v) is 2.95. The fraction of sp³-hybridized carbons (Fsp3) is 0.125. The van der Waals surface area contributed by atoms with Gasteiger partial charge in [0.25, 0.3) is 5.91 Å². The van der Waals surface area contributed by atoms with Gasteiger partial charge >= 0.3 is 0 Å². The zero-order chi connectivity index (χ0) is 14.7. The van der Waals surface area contributed by atoms with Crippen molar-refractivity contribution in [1.82, 2.24) is 5.32 Å². The fourth-order valence-electron chi connectivity index (χ4n) is 2.22. The number of nitrogens with one attached hydrogen (secondary N) is 2. The van der Waals surface area contributed by atoms with Gasteiger partial charge in [0.15, 0.2) is 0 Å². The zero-order valence-corrected chi connectivity index (χ0v) is 12.0. The molecule has 2 N–H and O–H groups in total. The molecule has 0 unspecified atom stereocenters. The van der Waals surface area contributed by atoms with E-state index in [9.17, 15) is 9.59 Å². The molecule has 3 rings (SSSR count). The Hall–Kier alpha value is -2.27. The molecule has 1 aliphatic rings. The predicted molar refractivity (Wildman–Crippen MR) is 83.1 cm³/mol. The van der Waals surface area contributed by atoms with Gasteiger partial charge in [-0.3, -0.25) is 9.59 Å². The number of carbonyl (C=O) groups is 2. The van der Waals surface area contributed by atoms with Crippen LogP contribution in [0.4, 0.5) is 5.69 Å². The standard InChI is InChI=1S/C16H14N2O2S/c19-14(10-21-11-6-2-1-3-7-11)18-15-12-8-4-5-9-13(12)17-16(15)20/h1-9,15H,10H2,(H,17,20)(H,18,19)/t15-/m0/s1. The Morgan fingerprint density at radius 1 is 1.10 bits per heavy atom. The van der Waals surface area contributed by atoms with Gasteiger partial charge in [-0.2, -0.15) is 0 Å². The Labute approximate surface area is 126 Å². The molecule has 0 radical (unpaired) electrons. The number of carbonyl (C=O) groups excluding carboxylic acids is 2. The zero-order valence-electron chi connectivity index (χ0n) is 11.2. The van der Waals surface area contributed by atoms with Crippen molar-refractivity contribution in [3.8, 4) is 0 Å². The summed E-state index contributed by atoms with van der Waals surface area (Å²) in [5.74, 6) is -0.0503. The van der Waals surface area contributed by atoms with Gasteiger partial charge in [0.1, 0.15) is 6.04 Å². The van der Waals surface area contributed by atoms with Gasteiger partial charge in [0.05, 0.1) is 5.75 Å². The lowest BCUT2D eigenvalue weighted by Gasteiger charge is -2.11. The third-order valence-corrected chi connectivity index (χ3v) is 4.22. The van der Waals surface area contributed by atoms with Gasteiger partial charge in [0, 0.05) is 16.1 Å². The Morgan fingerprint density at radius 2 is 1.81 bits per heavy atom.